The number of aryl methyl sites for hydroxylation is 1. The molecule has 0 saturated carbocycles. The Bertz CT molecular complexity index is 1420. The monoisotopic (exact) mass is 541 g/mol. The summed E-state index contributed by atoms with van der Waals surface area (Å²) in [5.74, 6) is 0.0712. The predicted octanol–water partition coefficient (Wildman–Crippen LogP) is 1.57. The van der Waals surface area contributed by atoms with E-state index in [0.717, 1.165) is 11.1 Å². The zero-order valence-corrected chi connectivity index (χ0v) is 21.9. The topological polar surface area (TPSA) is 171 Å². The number of methoxy groups -OCH3 is 1. The summed E-state index contributed by atoms with van der Waals surface area (Å²) < 4.78 is 5.50. The molecule has 0 spiro atoms. The van der Waals surface area contributed by atoms with Crippen LogP contribution in [0.4, 0.5) is 11.8 Å². The van der Waals surface area contributed by atoms with Crippen LogP contribution < -0.4 is 15.4 Å². The zero-order chi connectivity index (χ0) is 27.6. The molecule has 0 bridgehead atoms. The molecular weight excluding hydrogens is 514 g/mol. The average Bonchev–Trinajstić information content (AvgIpc) is 3.44. The van der Waals surface area contributed by atoms with Gasteiger partial charge in [-0.1, -0.05) is 11.6 Å². The van der Waals surface area contributed by atoms with E-state index in [1.165, 1.54) is 16.0 Å². The first kappa shape index (κ1) is 27.0. The molecule has 3 aromatic heterocycles. The number of nitrogens with two attached hydrogens (primary N) is 1. The number of halogens is 1. The van der Waals surface area contributed by atoms with Crippen LogP contribution in [0.15, 0.2) is 18.5 Å². The van der Waals surface area contributed by atoms with Crippen molar-refractivity contribution in [3.8, 4) is 5.75 Å². The number of aliphatic hydroxyl groups excluding tert-OH is 2. The lowest BCUT2D eigenvalue weighted by molar-refractivity contribution is -0.113. The van der Waals surface area contributed by atoms with Crippen molar-refractivity contribution in [2.75, 3.05) is 44.0 Å². The van der Waals surface area contributed by atoms with Crippen LogP contribution in [0.3, 0.4) is 0 Å². The normalized spacial score (nSPS) is 13.8. The van der Waals surface area contributed by atoms with Crippen molar-refractivity contribution in [1.29, 1.82) is 0 Å². The van der Waals surface area contributed by atoms with E-state index < -0.39 is 5.91 Å². The van der Waals surface area contributed by atoms with Gasteiger partial charge in [-0.25, -0.2) is 4.98 Å². The van der Waals surface area contributed by atoms with E-state index in [1.807, 2.05) is 13.8 Å². The second-order valence-corrected chi connectivity index (χ2v) is 9.01. The van der Waals surface area contributed by atoms with Crippen LogP contribution in [-0.4, -0.2) is 80.3 Å². The highest BCUT2D eigenvalue weighted by Crippen LogP contribution is 2.41. The number of aromatic nitrogens is 4. The van der Waals surface area contributed by atoms with Gasteiger partial charge in [0, 0.05) is 42.3 Å². The van der Waals surface area contributed by atoms with Crippen molar-refractivity contribution in [3.05, 3.63) is 57.3 Å². The lowest BCUT2D eigenvalue weighted by Gasteiger charge is -2.19. The SMILES string of the molecule is COc1c(C)cnc(CN2C(=O)/C(=C\c3cc(C(=O)N(CCO)CCO)c[nH]3)c3c(Cl)nc(N)nc32)c1C. The fourth-order valence-corrected chi connectivity index (χ4v) is 4.66. The first-order valence-electron chi connectivity index (χ1n) is 11.8. The number of anilines is 2. The molecule has 0 unspecified atom stereocenters. The summed E-state index contributed by atoms with van der Waals surface area (Å²) in [6.07, 6.45) is 4.72. The van der Waals surface area contributed by atoms with E-state index in [9.17, 15) is 19.8 Å². The third-order valence-electron chi connectivity index (χ3n) is 6.20. The summed E-state index contributed by atoms with van der Waals surface area (Å²) in [4.78, 5) is 45.0. The number of nitrogens with zero attached hydrogens (tertiary/aromatic N) is 5. The van der Waals surface area contributed by atoms with Crippen LogP contribution in [0.25, 0.3) is 11.6 Å². The van der Waals surface area contributed by atoms with Gasteiger partial charge in [-0.2, -0.15) is 4.98 Å². The number of nitrogens with one attached hydrogen (secondary N) is 1. The Kier molecular flexibility index (Phi) is 7.95. The lowest BCUT2D eigenvalue weighted by Crippen LogP contribution is -2.35. The van der Waals surface area contributed by atoms with Crippen LogP contribution in [0.2, 0.25) is 5.15 Å². The number of pyridine rings is 1. The molecule has 4 rings (SSSR count). The smallest absolute Gasteiger partial charge is 0.260 e. The minimum Gasteiger partial charge on any atom is -0.496 e. The number of H-pyrrole nitrogens is 1. The van der Waals surface area contributed by atoms with E-state index in [4.69, 9.17) is 22.1 Å². The van der Waals surface area contributed by atoms with Crippen LogP contribution in [0, 0.1) is 13.8 Å². The molecule has 0 radical (unpaired) electrons. The van der Waals surface area contributed by atoms with E-state index >= 15 is 0 Å². The van der Waals surface area contributed by atoms with Crippen LogP contribution in [0.1, 0.15) is 38.4 Å². The quantitative estimate of drug-likeness (QED) is 0.232. The maximum Gasteiger partial charge on any atom is 0.260 e. The Morgan fingerprint density at radius 1 is 1.26 bits per heavy atom. The molecule has 0 aliphatic carbocycles. The molecule has 5 N–H and O–H groups in total. The second kappa shape index (κ2) is 11.2. The standard InChI is InChI=1S/C25H28ClN7O5/c1-13-10-29-18(14(2)20(13)38-3)12-33-22-19(21(26)30-25(27)31-22)17(24(33)37)9-16-8-15(11-28-16)23(36)32(4-6-34)5-7-35/h8-11,28,34-35H,4-7,12H2,1-3H3,(H2,27,30,31)/b17-9-. The number of fused-ring (bicyclic) bond motifs is 1. The summed E-state index contributed by atoms with van der Waals surface area (Å²) in [5, 5.41) is 18.5. The molecule has 1 aliphatic heterocycles. The van der Waals surface area contributed by atoms with Gasteiger partial charge in [0.05, 0.1) is 49.3 Å². The predicted molar refractivity (Wildman–Crippen MR) is 142 cm³/mol. The third-order valence-corrected chi connectivity index (χ3v) is 6.47. The van der Waals surface area contributed by atoms with Gasteiger partial charge < -0.3 is 30.6 Å². The van der Waals surface area contributed by atoms with E-state index in [2.05, 4.69) is 19.9 Å². The summed E-state index contributed by atoms with van der Waals surface area (Å²) >= 11 is 6.43. The van der Waals surface area contributed by atoms with Crippen molar-refractivity contribution in [1.82, 2.24) is 24.8 Å². The number of ether oxygens (including phenoxy) is 1. The Morgan fingerprint density at radius 3 is 2.63 bits per heavy atom. The molecule has 0 atom stereocenters. The second-order valence-electron chi connectivity index (χ2n) is 8.65. The number of aliphatic hydroxyl groups is 2. The number of rotatable bonds is 9. The zero-order valence-electron chi connectivity index (χ0n) is 21.2. The summed E-state index contributed by atoms with van der Waals surface area (Å²) in [6, 6.07) is 1.56. The van der Waals surface area contributed by atoms with Crippen LogP contribution in [0.5, 0.6) is 5.75 Å². The Hall–Kier alpha value is -4.00. The van der Waals surface area contributed by atoms with Crippen molar-refractivity contribution < 1.29 is 24.5 Å². The maximum absolute atomic E-state index is 13.7. The van der Waals surface area contributed by atoms with E-state index in [0.29, 0.717) is 28.3 Å². The van der Waals surface area contributed by atoms with E-state index in [1.54, 1.807) is 25.4 Å². The van der Waals surface area contributed by atoms with Gasteiger partial charge in [0.15, 0.2) is 5.82 Å². The van der Waals surface area contributed by atoms with Crippen LogP contribution in [-0.2, 0) is 11.3 Å². The van der Waals surface area contributed by atoms with Gasteiger partial charge in [0.25, 0.3) is 11.8 Å². The minimum absolute atomic E-state index is 0.0145. The highest BCUT2D eigenvalue weighted by Gasteiger charge is 2.37. The Balaban J connectivity index is 1.72. The molecule has 1 aliphatic rings. The molecule has 13 heteroatoms. The van der Waals surface area contributed by atoms with Crippen molar-refractivity contribution in [2.45, 2.75) is 20.4 Å². The molecule has 3 aromatic rings. The first-order valence-corrected chi connectivity index (χ1v) is 12.1. The van der Waals surface area contributed by atoms with Gasteiger partial charge in [-0.15, -0.1) is 0 Å². The number of carbonyl (C=O) groups excluding carboxylic acids is 2. The van der Waals surface area contributed by atoms with Crippen molar-refractivity contribution >= 4 is 46.8 Å². The lowest BCUT2D eigenvalue weighted by atomic mass is 10.1. The van der Waals surface area contributed by atoms with Gasteiger partial charge in [0.2, 0.25) is 5.95 Å². The number of nitrogen functional groups attached to an aromatic ring is 1. The molecule has 2 amide bonds. The Labute approximate surface area is 223 Å². The summed E-state index contributed by atoms with van der Waals surface area (Å²) in [6.45, 7) is 3.51. The minimum atomic E-state index is -0.396. The molecule has 38 heavy (non-hydrogen) atoms. The third kappa shape index (κ3) is 5.05. The first-order chi connectivity index (χ1) is 18.2. The fraction of sp³-hybridized carbons (Fsp3) is 0.320. The van der Waals surface area contributed by atoms with Crippen LogP contribution >= 0.6 is 11.6 Å². The van der Waals surface area contributed by atoms with Gasteiger partial charge >= 0.3 is 0 Å². The van der Waals surface area contributed by atoms with Crippen molar-refractivity contribution in [3.63, 3.8) is 0 Å². The average molecular weight is 542 g/mol. The van der Waals surface area contributed by atoms with E-state index in [-0.39, 0.29) is 61.2 Å². The number of aromatic amines is 1. The number of carbonyl (C=O) groups is 2. The van der Waals surface area contributed by atoms with Gasteiger partial charge in [-0.05, 0) is 26.0 Å². The largest absolute Gasteiger partial charge is 0.496 e. The highest BCUT2D eigenvalue weighted by molar-refractivity contribution is 6.41. The molecule has 200 valence electrons. The summed E-state index contributed by atoms with van der Waals surface area (Å²) in [7, 11) is 1.58. The molecule has 12 nitrogen and oxygen atoms in total. The number of amides is 2. The number of hydrogen-bond donors (Lipinski definition) is 4. The van der Waals surface area contributed by atoms with Gasteiger partial charge in [0.1, 0.15) is 10.9 Å². The molecule has 0 aromatic carbocycles. The highest BCUT2D eigenvalue weighted by atomic mass is 35.5. The maximum atomic E-state index is 13.7. The molecule has 0 saturated heterocycles. The Morgan fingerprint density at radius 2 is 1.97 bits per heavy atom. The van der Waals surface area contributed by atoms with Crippen molar-refractivity contribution in [2.24, 2.45) is 0 Å². The molecule has 0 fully saturated rings. The summed E-state index contributed by atoms with van der Waals surface area (Å²) in [5.41, 5.74) is 9.40. The molecular formula is C25H28ClN7O5. The number of hydrogen-bond acceptors (Lipinski definition) is 9. The molecule has 4 heterocycles. The fourth-order valence-electron chi connectivity index (χ4n) is 4.39. The van der Waals surface area contributed by atoms with Gasteiger partial charge in [-0.3, -0.25) is 19.5 Å².